The van der Waals surface area contributed by atoms with Crippen molar-refractivity contribution in [2.45, 2.75) is 6.42 Å². The van der Waals surface area contributed by atoms with Crippen LogP contribution in [0.15, 0.2) is 91.5 Å². The Hall–Kier alpha value is -3.27. The predicted molar refractivity (Wildman–Crippen MR) is 103 cm³/mol. The van der Waals surface area contributed by atoms with Crippen molar-refractivity contribution in [3.05, 3.63) is 97.0 Å². The molecule has 0 bridgehead atoms. The van der Waals surface area contributed by atoms with E-state index in [0.29, 0.717) is 0 Å². The quantitative estimate of drug-likeness (QED) is 0.639. The van der Waals surface area contributed by atoms with Gasteiger partial charge < -0.3 is 10.2 Å². The number of aromatic nitrogens is 1. The second-order valence-corrected chi connectivity index (χ2v) is 5.45. The number of nitrogens with zero attached hydrogens (tertiary/aromatic N) is 1. The normalized spacial score (nSPS) is 13.1. The minimum absolute atomic E-state index is 1.06. The van der Waals surface area contributed by atoms with E-state index in [4.69, 9.17) is 0 Å². The Balaban J connectivity index is 0.000000113. The van der Waals surface area contributed by atoms with E-state index in [-0.39, 0.29) is 0 Å². The van der Waals surface area contributed by atoms with E-state index in [2.05, 4.69) is 57.0 Å². The number of rotatable bonds is 0. The summed E-state index contributed by atoms with van der Waals surface area (Å²) in [5, 5.41) is 4.50. The molecule has 3 aromatic rings. The summed E-state index contributed by atoms with van der Waals surface area (Å²) in [6, 6.07) is 20.5. The van der Waals surface area contributed by atoms with Crippen molar-refractivity contribution in [1.82, 2.24) is 10.5 Å². The highest BCUT2D eigenvalue weighted by molar-refractivity contribution is 5.77. The minimum Gasteiger partial charge on any atom is -0.391 e. The maximum atomic E-state index is 4.55. The first kappa shape index (κ1) is 16.6. The van der Waals surface area contributed by atoms with E-state index in [1.807, 2.05) is 36.5 Å². The molecule has 2 aliphatic rings. The molecule has 0 spiro atoms. The lowest BCUT2D eigenvalue weighted by molar-refractivity contribution is 0.172. The third kappa shape index (κ3) is 5.11. The number of anilines is 1. The molecular weight excluding hydrogens is 310 g/mol. The van der Waals surface area contributed by atoms with Crippen molar-refractivity contribution in [3.8, 4) is 0 Å². The van der Waals surface area contributed by atoms with E-state index in [0.717, 1.165) is 12.1 Å². The molecule has 5 rings (SSSR count). The van der Waals surface area contributed by atoms with Crippen molar-refractivity contribution < 1.29 is 4.84 Å². The number of hydrogen-bond acceptors (Lipinski definition) is 4. The number of pyridine rings is 1. The average molecular weight is 331 g/mol. The van der Waals surface area contributed by atoms with Crippen molar-refractivity contribution >= 4 is 16.6 Å². The van der Waals surface area contributed by atoms with Crippen LogP contribution in [0.5, 0.6) is 0 Å². The number of hydrogen-bond donors (Lipinski definition) is 2. The Labute approximate surface area is 147 Å². The largest absolute Gasteiger partial charge is 0.391 e. The van der Waals surface area contributed by atoms with Gasteiger partial charge in [-0.15, -0.1) is 0 Å². The molecule has 0 unspecified atom stereocenters. The van der Waals surface area contributed by atoms with Crippen LogP contribution in [0.3, 0.4) is 0 Å². The van der Waals surface area contributed by atoms with Crippen molar-refractivity contribution in [3.63, 3.8) is 0 Å². The van der Waals surface area contributed by atoms with Crippen LogP contribution in [0, 0.1) is 0 Å². The summed E-state index contributed by atoms with van der Waals surface area (Å²) in [5.74, 6) is 0. The zero-order valence-electron chi connectivity index (χ0n) is 13.9. The summed E-state index contributed by atoms with van der Waals surface area (Å²) in [4.78, 5) is 8.73. The lowest BCUT2D eigenvalue weighted by atomic mass is 10.2. The average Bonchev–Trinajstić information content (AvgIpc) is 3.19. The molecule has 0 radical (unpaired) electrons. The van der Waals surface area contributed by atoms with Crippen LogP contribution in [-0.4, -0.2) is 11.5 Å². The van der Waals surface area contributed by atoms with Gasteiger partial charge >= 0.3 is 0 Å². The van der Waals surface area contributed by atoms with Crippen LogP contribution in [0.4, 0.5) is 5.69 Å². The fourth-order valence-electron chi connectivity index (χ4n) is 2.52. The van der Waals surface area contributed by atoms with Crippen molar-refractivity contribution in [2.75, 3.05) is 11.9 Å². The highest BCUT2D eigenvalue weighted by Crippen LogP contribution is 2.19. The van der Waals surface area contributed by atoms with Gasteiger partial charge in [-0.2, -0.15) is 0 Å². The number of benzene rings is 2. The first-order chi connectivity index (χ1) is 12.4. The smallest absolute Gasteiger partial charge is 0.119 e. The lowest BCUT2D eigenvalue weighted by Gasteiger charge is -1.97. The minimum atomic E-state index is 1.06. The molecule has 2 aromatic carbocycles. The fraction of sp³-hybridized carbons (Fsp3) is 0.0952. The molecule has 0 fully saturated rings. The van der Waals surface area contributed by atoms with Crippen LogP contribution in [-0.2, 0) is 11.3 Å². The summed E-state index contributed by atoms with van der Waals surface area (Å²) >= 11 is 0. The van der Waals surface area contributed by atoms with Gasteiger partial charge in [0.05, 0.1) is 5.52 Å². The van der Waals surface area contributed by atoms with Gasteiger partial charge in [0, 0.05) is 30.0 Å². The van der Waals surface area contributed by atoms with Crippen LogP contribution < -0.4 is 10.8 Å². The van der Waals surface area contributed by atoms with E-state index in [9.17, 15) is 0 Å². The second-order valence-electron chi connectivity index (χ2n) is 5.45. The molecule has 4 heteroatoms. The Morgan fingerprint density at radius 1 is 0.880 bits per heavy atom. The number of para-hydroxylation sites is 2. The Kier molecular flexibility index (Phi) is 6.06. The number of allylic oxidation sites excluding steroid dienone is 2. The van der Waals surface area contributed by atoms with Gasteiger partial charge in [0.2, 0.25) is 0 Å². The molecule has 126 valence electrons. The third-order valence-electron chi connectivity index (χ3n) is 3.73. The predicted octanol–water partition coefficient (Wildman–Crippen LogP) is 4.44. The zero-order chi connectivity index (χ0) is 17.2. The van der Waals surface area contributed by atoms with Crippen LogP contribution in [0.2, 0.25) is 0 Å². The van der Waals surface area contributed by atoms with Gasteiger partial charge in [-0.1, -0.05) is 42.5 Å². The van der Waals surface area contributed by atoms with Crippen molar-refractivity contribution in [1.29, 1.82) is 0 Å². The summed E-state index contributed by atoms with van der Waals surface area (Å²) in [5.41, 5.74) is 6.35. The summed E-state index contributed by atoms with van der Waals surface area (Å²) in [6.07, 6.45) is 9.93. The summed E-state index contributed by atoms with van der Waals surface area (Å²) < 4.78 is 0. The topological polar surface area (TPSA) is 46.2 Å². The number of fused-ring (bicyclic) bond motifs is 2. The number of hydroxylamine groups is 1. The van der Waals surface area contributed by atoms with Crippen LogP contribution >= 0.6 is 0 Å². The van der Waals surface area contributed by atoms with Gasteiger partial charge in [0.1, 0.15) is 6.26 Å². The van der Waals surface area contributed by atoms with E-state index in [1.165, 1.54) is 23.1 Å². The Bertz CT molecular complexity index is 758. The summed E-state index contributed by atoms with van der Waals surface area (Å²) in [7, 11) is 0. The SMILES string of the molecule is C1=CNOC=C1.c1ccc2c(c1)CCN2.c1ccc2ncccc2c1. The van der Waals surface area contributed by atoms with Gasteiger partial charge in [0.15, 0.2) is 0 Å². The highest BCUT2D eigenvalue weighted by atomic mass is 16.6. The maximum absolute atomic E-state index is 4.55. The molecule has 2 N–H and O–H groups in total. The molecule has 1 aromatic heterocycles. The van der Waals surface area contributed by atoms with Crippen molar-refractivity contribution in [2.24, 2.45) is 0 Å². The van der Waals surface area contributed by atoms with Crippen LogP contribution in [0.25, 0.3) is 10.9 Å². The molecule has 0 saturated heterocycles. The van der Waals surface area contributed by atoms with Gasteiger partial charge in [-0.05, 0) is 42.3 Å². The van der Waals surface area contributed by atoms with Gasteiger partial charge in [-0.3, -0.25) is 4.98 Å². The molecule has 0 saturated carbocycles. The molecule has 4 nitrogen and oxygen atoms in total. The molecule has 0 atom stereocenters. The third-order valence-corrected chi connectivity index (χ3v) is 3.73. The number of nitrogens with one attached hydrogen (secondary N) is 2. The Morgan fingerprint density at radius 3 is 2.44 bits per heavy atom. The Morgan fingerprint density at radius 2 is 1.72 bits per heavy atom. The monoisotopic (exact) mass is 331 g/mol. The molecule has 0 aliphatic carbocycles. The fourth-order valence-corrected chi connectivity index (χ4v) is 2.52. The van der Waals surface area contributed by atoms with E-state index in [1.54, 1.807) is 18.5 Å². The lowest BCUT2D eigenvalue weighted by Crippen LogP contribution is -2.01. The standard InChI is InChI=1S/C9H7N.C8H9N.C4H5NO/c1-2-6-9-8(4-1)5-3-7-10-9;1-2-4-8-7(3-1)5-6-9-8;1-2-4-6-5-3-1/h1-7H;1-4,9H,5-6H2;1-5H. The van der Waals surface area contributed by atoms with Gasteiger partial charge in [0.25, 0.3) is 0 Å². The zero-order valence-corrected chi connectivity index (χ0v) is 13.9. The first-order valence-corrected chi connectivity index (χ1v) is 8.28. The molecule has 25 heavy (non-hydrogen) atoms. The second kappa shape index (κ2) is 9.13. The molecule has 0 amide bonds. The summed E-state index contributed by atoms with van der Waals surface area (Å²) in [6.45, 7) is 1.11. The first-order valence-electron chi connectivity index (χ1n) is 8.28. The molecule has 2 aliphatic heterocycles. The molecular formula is C21H21N3O. The highest BCUT2D eigenvalue weighted by Gasteiger charge is 2.05. The maximum Gasteiger partial charge on any atom is 0.119 e. The van der Waals surface area contributed by atoms with Crippen LogP contribution in [0.1, 0.15) is 5.56 Å². The van der Waals surface area contributed by atoms with Gasteiger partial charge in [-0.25, -0.2) is 5.48 Å². The molecule has 3 heterocycles. The van der Waals surface area contributed by atoms with E-state index < -0.39 is 0 Å². The van der Waals surface area contributed by atoms with E-state index >= 15 is 0 Å².